The minimum absolute atomic E-state index is 0.00866. The molecule has 0 fully saturated rings. The Hall–Kier alpha value is -0.520. The van der Waals surface area contributed by atoms with E-state index in [1.54, 1.807) is 11.8 Å². The van der Waals surface area contributed by atoms with Gasteiger partial charge in [0, 0.05) is 16.3 Å². The Labute approximate surface area is 127 Å². The van der Waals surface area contributed by atoms with Gasteiger partial charge in [-0.15, -0.1) is 11.8 Å². The van der Waals surface area contributed by atoms with Crippen LogP contribution in [0.15, 0.2) is 28.7 Å². The van der Waals surface area contributed by atoms with Crippen LogP contribution < -0.4 is 5.32 Å². The highest BCUT2D eigenvalue weighted by molar-refractivity contribution is 9.10. The van der Waals surface area contributed by atoms with Gasteiger partial charge in [-0.05, 0) is 31.0 Å². The SMILES string of the molecule is CC(CCO)SCC(=O)NC(C)c1ccc(Br)cc1. The van der Waals surface area contributed by atoms with Gasteiger partial charge in [-0.2, -0.15) is 0 Å². The number of carbonyl (C=O) groups is 1. The molecular formula is C14H20BrNO2S. The lowest BCUT2D eigenvalue weighted by molar-refractivity contribution is -0.119. The Balaban J connectivity index is 2.37. The van der Waals surface area contributed by atoms with Crippen LogP contribution >= 0.6 is 27.7 Å². The van der Waals surface area contributed by atoms with Gasteiger partial charge in [0.25, 0.3) is 0 Å². The third kappa shape index (κ3) is 6.45. The number of aliphatic hydroxyl groups excluding tert-OH is 1. The van der Waals surface area contributed by atoms with Crippen LogP contribution in [-0.2, 0) is 4.79 Å². The van der Waals surface area contributed by atoms with Crippen LogP contribution in [0.4, 0.5) is 0 Å². The van der Waals surface area contributed by atoms with Crippen LogP contribution in [-0.4, -0.2) is 28.6 Å². The molecule has 1 rings (SSSR count). The summed E-state index contributed by atoms with van der Waals surface area (Å²) < 4.78 is 1.03. The number of nitrogens with one attached hydrogen (secondary N) is 1. The first-order chi connectivity index (χ1) is 9.02. The Morgan fingerprint density at radius 1 is 1.37 bits per heavy atom. The maximum absolute atomic E-state index is 11.8. The lowest BCUT2D eigenvalue weighted by atomic mass is 10.1. The fourth-order valence-electron chi connectivity index (χ4n) is 1.60. The molecule has 0 aromatic heterocycles. The number of carbonyl (C=O) groups excluding carboxylic acids is 1. The number of hydrogen-bond acceptors (Lipinski definition) is 3. The molecule has 2 N–H and O–H groups in total. The Morgan fingerprint density at radius 3 is 2.58 bits per heavy atom. The van der Waals surface area contributed by atoms with E-state index in [0.29, 0.717) is 11.0 Å². The van der Waals surface area contributed by atoms with Gasteiger partial charge in [-0.3, -0.25) is 4.79 Å². The van der Waals surface area contributed by atoms with Gasteiger partial charge in [0.05, 0.1) is 11.8 Å². The maximum atomic E-state index is 11.8. The zero-order valence-corrected chi connectivity index (χ0v) is 13.6. The molecule has 1 aromatic carbocycles. The van der Waals surface area contributed by atoms with E-state index in [9.17, 15) is 4.79 Å². The van der Waals surface area contributed by atoms with Crippen LogP contribution in [0.5, 0.6) is 0 Å². The molecule has 0 saturated heterocycles. The average molecular weight is 346 g/mol. The molecule has 0 radical (unpaired) electrons. The van der Waals surface area contributed by atoms with E-state index >= 15 is 0 Å². The van der Waals surface area contributed by atoms with Gasteiger partial charge in [0.15, 0.2) is 0 Å². The van der Waals surface area contributed by atoms with Gasteiger partial charge in [-0.25, -0.2) is 0 Å². The van der Waals surface area contributed by atoms with Crippen molar-refractivity contribution in [2.75, 3.05) is 12.4 Å². The number of rotatable bonds is 7. The van der Waals surface area contributed by atoms with Crippen LogP contribution in [0, 0.1) is 0 Å². The third-order valence-corrected chi connectivity index (χ3v) is 4.54. The summed E-state index contributed by atoms with van der Waals surface area (Å²) in [7, 11) is 0. The molecule has 2 unspecified atom stereocenters. The van der Waals surface area contributed by atoms with Crippen molar-refractivity contribution >= 4 is 33.6 Å². The lowest BCUT2D eigenvalue weighted by Crippen LogP contribution is -2.28. The van der Waals surface area contributed by atoms with Crippen molar-refractivity contribution in [3.05, 3.63) is 34.3 Å². The summed E-state index contributed by atoms with van der Waals surface area (Å²) in [5.41, 5.74) is 1.09. The Kier molecular flexibility index (Phi) is 7.49. The molecule has 19 heavy (non-hydrogen) atoms. The van der Waals surface area contributed by atoms with Gasteiger partial charge >= 0.3 is 0 Å². The highest BCUT2D eigenvalue weighted by Crippen LogP contribution is 2.17. The molecule has 1 aromatic rings. The third-order valence-electron chi connectivity index (χ3n) is 2.78. The quantitative estimate of drug-likeness (QED) is 0.798. The summed E-state index contributed by atoms with van der Waals surface area (Å²) in [5, 5.41) is 12.1. The van der Waals surface area contributed by atoms with E-state index in [0.717, 1.165) is 16.5 Å². The zero-order chi connectivity index (χ0) is 14.3. The van der Waals surface area contributed by atoms with Gasteiger partial charge in [0.1, 0.15) is 0 Å². The molecule has 5 heteroatoms. The predicted octanol–water partition coefficient (Wildman–Crippen LogP) is 3.13. The number of benzene rings is 1. The van der Waals surface area contributed by atoms with Gasteiger partial charge in [-0.1, -0.05) is 35.0 Å². The number of thioether (sulfide) groups is 1. The standard InChI is InChI=1S/C14H20BrNO2S/c1-10(7-8-17)19-9-14(18)16-11(2)12-3-5-13(15)6-4-12/h3-6,10-11,17H,7-9H2,1-2H3,(H,16,18). The van der Waals surface area contributed by atoms with Crippen molar-refractivity contribution in [2.45, 2.75) is 31.6 Å². The normalized spacial score (nSPS) is 13.9. The first kappa shape index (κ1) is 16.5. The Morgan fingerprint density at radius 2 is 2.00 bits per heavy atom. The fraction of sp³-hybridized carbons (Fsp3) is 0.500. The highest BCUT2D eigenvalue weighted by Gasteiger charge is 2.11. The molecule has 0 aliphatic carbocycles. The van der Waals surface area contributed by atoms with Crippen molar-refractivity contribution in [1.29, 1.82) is 0 Å². The van der Waals surface area contributed by atoms with Crippen LogP contribution in [0.1, 0.15) is 31.9 Å². The minimum Gasteiger partial charge on any atom is -0.396 e. The van der Waals surface area contributed by atoms with E-state index in [2.05, 4.69) is 21.2 Å². The summed E-state index contributed by atoms with van der Waals surface area (Å²) in [6.07, 6.45) is 0.722. The smallest absolute Gasteiger partial charge is 0.230 e. The molecule has 106 valence electrons. The maximum Gasteiger partial charge on any atom is 0.230 e. The lowest BCUT2D eigenvalue weighted by Gasteiger charge is -2.15. The van der Waals surface area contributed by atoms with Crippen molar-refractivity contribution in [3.63, 3.8) is 0 Å². The average Bonchev–Trinajstić information content (AvgIpc) is 2.37. The molecule has 0 saturated carbocycles. The Bertz CT molecular complexity index is 397. The van der Waals surface area contributed by atoms with Crippen LogP contribution in [0.2, 0.25) is 0 Å². The van der Waals surface area contributed by atoms with E-state index < -0.39 is 0 Å². The predicted molar refractivity (Wildman–Crippen MR) is 84.3 cm³/mol. The van der Waals surface area contributed by atoms with Crippen molar-refractivity contribution < 1.29 is 9.90 Å². The summed E-state index contributed by atoms with van der Waals surface area (Å²) in [4.78, 5) is 11.8. The molecule has 2 atom stereocenters. The zero-order valence-electron chi connectivity index (χ0n) is 11.2. The first-order valence-electron chi connectivity index (χ1n) is 6.30. The number of amides is 1. The van der Waals surface area contributed by atoms with Crippen LogP contribution in [0.25, 0.3) is 0 Å². The summed E-state index contributed by atoms with van der Waals surface area (Å²) in [5.74, 6) is 0.465. The van der Waals surface area contributed by atoms with E-state index in [4.69, 9.17) is 5.11 Å². The molecule has 0 spiro atoms. The van der Waals surface area contributed by atoms with Crippen molar-refractivity contribution in [1.82, 2.24) is 5.32 Å². The van der Waals surface area contributed by atoms with Crippen molar-refractivity contribution in [3.8, 4) is 0 Å². The summed E-state index contributed by atoms with van der Waals surface area (Å²) in [6.45, 7) is 4.17. The monoisotopic (exact) mass is 345 g/mol. The molecule has 0 aliphatic heterocycles. The second-order valence-electron chi connectivity index (χ2n) is 4.47. The first-order valence-corrected chi connectivity index (χ1v) is 8.14. The van der Waals surface area contributed by atoms with Gasteiger partial charge in [0.2, 0.25) is 5.91 Å². The molecule has 1 amide bonds. The van der Waals surface area contributed by atoms with Crippen LogP contribution in [0.3, 0.4) is 0 Å². The van der Waals surface area contributed by atoms with E-state index in [1.165, 1.54) is 0 Å². The largest absolute Gasteiger partial charge is 0.396 e. The summed E-state index contributed by atoms with van der Waals surface area (Å²) >= 11 is 4.96. The topological polar surface area (TPSA) is 49.3 Å². The summed E-state index contributed by atoms with van der Waals surface area (Å²) in [6, 6.07) is 7.94. The second kappa shape index (κ2) is 8.61. The fourth-order valence-corrected chi connectivity index (χ4v) is 2.66. The van der Waals surface area contributed by atoms with E-state index in [1.807, 2.05) is 38.1 Å². The molecule has 0 bridgehead atoms. The number of hydrogen-bond donors (Lipinski definition) is 2. The number of aliphatic hydroxyl groups is 1. The molecule has 0 heterocycles. The van der Waals surface area contributed by atoms with Gasteiger partial charge < -0.3 is 10.4 Å². The minimum atomic E-state index is 0.00866. The molecule has 3 nitrogen and oxygen atoms in total. The highest BCUT2D eigenvalue weighted by atomic mass is 79.9. The number of halogens is 1. The second-order valence-corrected chi connectivity index (χ2v) is 6.82. The molecular weight excluding hydrogens is 326 g/mol. The van der Waals surface area contributed by atoms with E-state index in [-0.39, 0.29) is 18.6 Å². The molecule has 0 aliphatic rings. The van der Waals surface area contributed by atoms with Crippen molar-refractivity contribution in [2.24, 2.45) is 0 Å².